The molecular weight excluding hydrogens is 182 g/mol. The third kappa shape index (κ3) is 1.71. The summed E-state index contributed by atoms with van der Waals surface area (Å²) in [5.41, 5.74) is 13.0. The van der Waals surface area contributed by atoms with Crippen LogP contribution < -0.4 is 16.8 Å². The Balaban J connectivity index is 3.24. The van der Waals surface area contributed by atoms with Gasteiger partial charge in [0.25, 0.3) is 0 Å². The van der Waals surface area contributed by atoms with Crippen molar-refractivity contribution < 1.29 is 9.53 Å². The number of hydrogen-bond donors (Lipinski definition) is 3. The standard InChI is InChI=1S/C9H13N3O2/c1-12-8-3-5(9(13)14-2)6(10)4-7(8)11/h3-4,12H,10-11H2,1-2H3. The van der Waals surface area contributed by atoms with Crippen LogP contribution >= 0.6 is 0 Å². The van der Waals surface area contributed by atoms with Crippen molar-refractivity contribution in [3.63, 3.8) is 0 Å². The van der Waals surface area contributed by atoms with E-state index in [0.29, 0.717) is 22.6 Å². The highest BCUT2D eigenvalue weighted by Crippen LogP contribution is 2.25. The van der Waals surface area contributed by atoms with Crippen molar-refractivity contribution in [1.29, 1.82) is 0 Å². The first-order valence-corrected chi connectivity index (χ1v) is 4.05. The van der Waals surface area contributed by atoms with Gasteiger partial charge in [0.15, 0.2) is 0 Å². The maximum atomic E-state index is 11.2. The zero-order valence-electron chi connectivity index (χ0n) is 8.13. The van der Waals surface area contributed by atoms with Gasteiger partial charge in [-0.1, -0.05) is 0 Å². The molecule has 0 atom stereocenters. The summed E-state index contributed by atoms with van der Waals surface area (Å²) >= 11 is 0. The van der Waals surface area contributed by atoms with E-state index in [1.165, 1.54) is 13.2 Å². The van der Waals surface area contributed by atoms with Crippen molar-refractivity contribution in [3.8, 4) is 0 Å². The predicted molar refractivity (Wildman–Crippen MR) is 56.2 cm³/mol. The molecule has 1 aromatic carbocycles. The zero-order chi connectivity index (χ0) is 10.7. The van der Waals surface area contributed by atoms with Gasteiger partial charge < -0.3 is 21.5 Å². The normalized spacial score (nSPS) is 9.57. The number of methoxy groups -OCH3 is 1. The van der Waals surface area contributed by atoms with Gasteiger partial charge in [-0.25, -0.2) is 4.79 Å². The number of ether oxygens (including phenoxy) is 1. The van der Waals surface area contributed by atoms with Crippen molar-refractivity contribution in [3.05, 3.63) is 17.7 Å². The molecule has 0 amide bonds. The Labute approximate surface area is 82.0 Å². The van der Waals surface area contributed by atoms with Gasteiger partial charge >= 0.3 is 5.97 Å². The van der Waals surface area contributed by atoms with Gasteiger partial charge in [0.1, 0.15) is 0 Å². The van der Waals surface area contributed by atoms with E-state index in [4.69, 9.17) is 11.5 Å². The third-order valence-corrected chi connectivity index (χ3v) is 1.90. The molecular formula is C9H13N3O2. The minimum Gasteiger partial charge on any atom is -0.465 e. The minimum absolute atomic E-state index is 0.311. The fourth-order valence-electron chi connectivity index (χ4n) is 1.14. The van der Waals surface area contributed by atoms with Crippen LogP contribution in [0.15, 0.2) is 12.1 Å². The van der Waals surface area contributed by atoms with Crippen LogP contribution in [0.1, 0.15) is 10.4 Å². The SMILES string of the molecule is CNc1cc(C(=O)OC)c(N)cc1N. The molecule has 0 unspecified atom stereocenters. The molecule has 0 aliphatic heterocycles. The fourth-order valence-corrected chi connectivity index (χ4v) is 1.14. The number of carbonyl (C=O) groups is 1. The van der Waals surface area contributed by atoms with Crippen LogP contribution in [0, 0.1) is 0 Å². The van der Waals surface area contributed by atoms with Crippen LogP contribution in [0.3, 0.4) is 0 Å². The quantitative estimate of drug-likeness (QED) is 0.477. The van der Waals surface area contributed by atoms with E-state index in [1.807, 2.05) is 0 Å². The average molecular weight is 195 g/mol. The second kappa shape index (κ2) is 3.87. The Bertz CT molecular complexity index is 363. The average Bonchev–Trinajstić information content (AvgIpc) is 2.17. The highest BCUT2D eigenvalue weighted by atomic mass is 16.5. The van der Waals surface area contributed by atoms with Crippen molar-refractivity contribution in [1.82, 2.24) is 0 Å². The van der Waals surface area contributed by atoms with Crippen LogP contribution in [0.2, 0.25) is 0 Å². The number of anilines is 3. The molecule has 5 N–H and O–H groups in total. The van der Waals surface area contributed by atoms with E-state index in [0.717, 1.165) is 0 Å². The lowest BCUT2D eigenvalue weighted by atomic mass is 10.1. The van der Waals surface area contributed by atoms with Gasteiger partial charge in [-0.15, -0.1) is 0 Å². The smallest absolute Gasteiger partial charge is 0.340 e. The first kappa shape index (κ1) is 10.2. The molecule has 0 aliphatic carbocycles. The lowest BCUT2D eigenvalue weighted by Crippen LogP contribution is -2.08. The Hall–Kier alpha value is -1.91. The molecule has 5 heteroatoms. The summed E-state index contributed by atoms with van der Waals surface area (Å²) in [6, 6.07) is 3.09. The van der Waals surface area contributed by atoms with Gasteiger partial charge in [0.2, 0.25) is 0 Å². The maximum Gasteiger partial charge on any atom is 0.340 e. The van der Waals surface area contributed by atoms with Crippen LogP contribution in [-0.4, -0.2) is 20.1 Å². The van der Waals surface area contributed by atoms with E-state index in [9.17, 15) is 4.79 Å². The van der Waals surface area contributed by atoms with E-state index in [-0.39, 0.29) is 0 Å². The van der Waals surface area contributed by atoms with Crippen LogP contribution in [0.4, 0.5) is 17.1 Å². The summed E-state index contributed by atoms with van der Waals surface area (Å²) in [6.07, 6.45) is 0. The van der Waals surface area contributed by atoms with Gasteiger partial charge in [-0.05, 0) is 12.1 Å². The summed E-state index contributed by atoms with van der Waals surface area (Å²) in [5, 5.41) is 2.85. The highest BCUT2D eigenvalue weighted by Gasteiger charge is 2.12. The monoisotopic (exact) mass is 195 g/mol. The number of rotatable bonds is 2. The van der Waals surface area contributed by atoms with Crippen LogP contribution in [-0.2, 0) is 4.74 Å². The van der Waals surface area contributed by atoms with Crippen molar-refractivity contribution >= 4 is 23.0 Å². The lowest BCUT2D eigenvalue weighted by molar-refractivity contribution is 0.0602. The molecule has 1 rings (SSSR count). The summed E-state index contributed by atoms with van der Waals surface area (Å²) in [4.78, 5) is 11.2. The highest BCUT2D eigenvalue weighted by molar-refractivity contribution is 5.98. The van der Waals surface area contributed by atoms with E-state index in [2.05, 4.69) is 10.1 Å². The summed E-state index contributed by atoms with van der Waals surface area (Å²) in [5.74, 6) is -0.473. The number of nitrogens with one attached hydrogen (secondary N) is 1. The van der Waals surface area contributed by atoms with Crippen LogP contribution in [0.5, 0.6) is 0 Å². The van der Waals surface area contributed by atoms with Crippen molar-refractivity contribution in [2.24, 2.45) is 0 Å². The number of nitrogens with two attached hydrogens (primary N) is 2. The molecule has 76 valence electrons. The molecule has 0 aliphatic rings. The molecule has 0 fully saturated rings. The van der Waals surface area contributed by atoms with Crippen LogP contribution in [0.25, 0.3) is 0 Å². The first-order valence-electron chi connectivity index (χ1n) is 4.05. The zero-order valence-corrected chi connectivity index (χ0v) is 8.13. The van der Waals surface area contributed by atoms with Gasteiger partial charge in [-0.3, -0.25) is 0 Å². The molecule has 0 radical (unpaired) electrons. The Morgan fingerprint density at radius 1 is 1.36 bits per heavy atom. The number of benzene rings is 1. The lowest BCUT2D eigenvalue weighted by Gasteiger charge is -2.09. The van der Waals surface area contributed by atoms with E-state index < -0.39 is 5.97 Å². The molecule has 0 heterocycles. The molecule has 1 aromatic rings. The largest absolute Gasteiger partial charge is 0.465 e. The third-order valence-electron chi connectivity index (χ3n) is 1.90. The minimum atomic E-state index is -0.473. The number of hydrogen-bond acceptors (Lipinski definition) is 5. The van der Waals surface area contributed by atoms with Crippen molar-refractivity contribution in [2.45, 2.75) is 0 Å². The van der Waals surface area contributed by atoms with Gasteiger partial charge in [0.05, 0.1) is 24.0 Å². The second-order valence-electron chi connectivity index (χ2n) is 2.77. The Kier molecular flexibility index (Phi) is 2.81. The molecule has 5 nitrogen and oxygen atoms in total. The topological polar surface area (TPSA) is 90.4 Å². The second-order valence-corrected chi connectivity index (χ2v) is 2.77. The Morgan fingerprint density at radius 2 is 2.00 bits per heavy atom. The molecule has 14 heavy (non-hydrogen) atoms. The molecule has 0 saturated carbocycles. The number of esters is 1. The predicted octanol–water partition coefficient (Wildman–Crippen LogP) is 0.679. The van der Waals surface area contributed by atoms with E-state index >= 15 is 0 Å². The Morgan fingerprint density at radius 3 is 2.50 bits per heavy atom. The number of carbonyl (C=O) groups excluding carboxylic acids is 1. The summed E-state index contributed by atoms with van der Waals surface area (Å²) in [7, 11) is 3.01. The summed E-state index contributed by atoms with van der Waals surface area (Å²) < 4.78 is 4.57. The molecule has 0 saturated heterocycles. The summed E-state index contributed by atoms with van der Waals surface area (Å²) in [6.45, 7) is 0. The first-order chi connectivity index (χ1) is 6.60. The van der Waals surface area contributed by atoms with Gasteiger partial charge in [0, 0.05) is 12.7 Å². The number of nitrogen functional groups attached to an aromatic ring is 2. The van der Waals surface area contributed by atoms with Gasteiger partial charge in [-0.2, -0.15) is 0 Å². The molecule has 0 spiro atoms. The van der Waals surface area contributed by atoms with Crippen molar-refractivity contribution in [2.75, 3.05) is 30.9 Å². The maximum absolute atomic E-state index is 11.2. The van der Waals surface area contributed by atoms with E-state index in [1.54, 1.807) is 13.1 Å². The fraction of sp³-hybridized carbons (Fsp3) is 0.222. The molecule has 0 bridgehead atoms. The molecule has 0 aromatic heterocycles.